The van der Waals surface area contributed by atoms with Crippen LogP contribution in [0.4, 0.5) is 0 Å². The number of nitrogens with one attached hydrogen (secondary N) is 2. The van der Waals surface area contributed by atoms with Crippen molar-refractivity contribution in [1.82, 2.24) is 10.7 Å². The summed E-state index contributed by atoms with van der Waals surface area (Å²) in [5, 5.41) is 3.12. The fourth-order valence-electron chi connectivity index (χ4n) is 1.20. The van der Waals surface area contributed by atoms with Crippen LogP contribution in [0.3, 0.4) is 0 Å². The number of halogens is 1. The van der Waals surface area contributed by atoms with Gasteiger partial charge in [0.15, 0.2) is 0 Å². The molecule has 0 bridgehead atoms. The Morgan fingerprint density at radius 1 is 1.44 bits per heavy atom. The van der Waals surface area contributed by atoms with Crippen LogP contribution in [0.2, 0.25) is 0 Å². The van der Waals surface area contributed by atoms with Crippen molar-refractivity contribution in [3.8, 4) is 0 Å². The van der Waals surface area contributed by atoms with Gasteiger partial charge in [-0.2, -0.15) is 0 Å². The second-order valence-electron chi connectivity index (χ2n) is 3.70. The first-order valence-corrected chi connectivity index (χ1v) is 5.93. The second kappa shape index (κ2) is 6.50. The molecule has 1 rings (SSSR count). The molecule has 1 aromatic carbocycles. The van der Waals surface area contributed by atoms with Crippen LogP contribution >= 0.6 is 15.9 Å². The van der Waals surface area contributed by atoms with E-state index in [9.17, 15) is 0 Å². The van der Waals surface area contributed by atoms with E-state index in [1.165, 1.54) is 0 Å². The van der Waals surface area contributed by atoms with Gasteiger partial charge in [-0.25, -0.2) is 10.8 Å². The molecule has 0 aliphatic rings. The number of hydrogen-bond donors (Lipinski definition) is 3. The summed E-state index contributed by atoms with van der Waals surface area (Å²) in [6.45, 7) is 4.65. The van der Waals surface area contributed by atoms with Crippen molar-refractivity contribution in [3.05, 3.63) is 34.3 Å². The molecule has 0 saturated carbocycles. The minimum atomic E-state index is 0.300. The van der Waals surface area contributed by atoms with Gasteiger partial charge in [-0.15, -0.1) is 0 Å². The first-order valence-electron chi connectivity index (χ1n) is 5.14. The summed E-state index contributed by atoms with van der Waals surface area (Å²) in [6.07, 6.45) is 0. The molecule has 0 unspecified atom stereocenters. The highest BCUT2D eigenvalue weighted by atomic mass is 79.9. The molecular weight excluding hydrogens is 268 g/mol. The van der Waals surface area contributed by atoms with Crippen molar-refractivity contribution in [2.45, 2.75) is 26.4 Å². The molecule has 0 heterocycles. The zero-order chi connectivity index (χ0) is 12.0. The molecule has 0 spiro atoms. The minimum absolute atomic E-state index is 0.300. The molecule has 1 aromatic rings. The third kappa shape index (κ3) is 4.20. The first kappa shape index (κ1) is 13.0. The van der Waals surface area contributed by atoms with Crippen LogP contribution in [0.5, 0.6) is 0 Å². The second-order valence-corrected chi connectivity index (χ2v) is 4.55. The molecule has 4 nitrogen and oxygen atoms in total. The highest BCUT2D eigenvalue weighted by Crippen LogP contribution is 2.16. The highest BCUT2D eigenvalue weighted by Gasteiger charge is 2.00. The molecular formula is C11H17BrN4. The van der Waals surface area contributed by atoms with Gasteiger partial charge in [-0.1, -0.05) is 34.1 Å². The van der Waals surface area contributed by atoms with E-state index in [2.05, 4.69) is 31.7 Å². The predicted octanol–water partition coefficient (Wildman–Crippen LogP) is 1.77. The van der Waals surface area contributed by atoms with E-state index < -0.39 is 0 Å². The van der Waals surface area contributed by atoms with Crippen molar-refractivity contribution in [2.24, 2.45) is 10.8 Å². The Hall–Kier alpha value is -1.07. The number of hydrazine groups is 1. The van der Waals surface area contributed by atoms with E-state index in [4.69, 9.17) is 5.84 Å². The molecule has 4 N–H and O–H groups in total. The van der Waals surface area contributed by atoms with Crippen molar-refractivity contribution in [1.29, 1.82) is 0 Å². The largest absolute Gasteiger partial charge is 0.353 e. The molecule has 0 aliphatic heterocycles. The quantitative estimate of drug-likeness (QED) is 0.343. The van der Waals surface area contributed by atoms with E-state index in [0.29, 0.717) is 18.5 Å². The lowest BCUT2D eigenvalue weighted by Crippen LogP contribution is -2.44. The molecule has 0 radical (unpaired) electrons. The highest BCUT2D eigenvalue weighted by molar-refractivity contribution is 9.10. The maximum absolute atomic E-state index is 5.37. The summed E-state index contributed by atoms with van der Waals surface area (Å²) >= 11 is 3.48. The summed E-state index contributed by atoms with van der Waals surface area (Å²) < 4.78 is 1.06. The molecule has 0 amide bonds. The summed E-state index contributed by atoms with van der Waals surface area (Å²) in [5.74, 6) is 5.97. The molecule has 5 heteroatoms. The fraction of sp³-hybridized carbons (Fsp3) is 0.364. The standard InChI is InChI=1S/C11H17BrN4/c1-8(2)15-11(16-13)14-7-9-5-3-4-6-10(9)12/h3-6,8H,7,13H2,1-2H3,(H2,14,15,16). The van der Waals surface area contributed by atoms with Crippen LogP contribution in [0.15, 0.2) is 33.7 Å². The average molecular weight is 285 g/mol. The van der Waals surface area contributed by atoms with Gasteiger partial charge < -0.3 is 5.32 Å². The predicted molar refractivity (Wildman–Crippen MR) is 70.9 cm³/mol. The van der Waals surface area contributed by atoms with Crippen LogP contribution in [-0.4, -0.2) is 12.0 Å². The number of aliphatic imine (C=N–C) groups is 1. The maximum Gasteiger partial charge on any atom is 0.206 e. The first-order chi connectivity index (χ1) is 7.63. The molecule has 0 atom stereocenters. The van der Waals surface area contributed by atoms with E-state index in [0.717, 1.165) is 10.0 Å². The molecule has 0 aromatic heterocycles. The SMILES string of the molecule is CC(C)NC(=NCc1ccccc1Br)NN. The minimum Gasteiger partial charge on any atom is -0.353 e. The molecule has 16 heavy (non-hydrogen) atoms. The van der Waals surface area contributed by atoms with Gasteiger partial charge in [-0.3, -0.25) is 5.43 Å². The Kier molecular flexibility index (Phi) is 5.28. The Bertz CT molecular complexity index is 363. The number of nitrogens with two attached hydrogens (primary N) is 1. The zero-order valence-electron chi connectivity index (χ0n) is 9.50. The normalized spacial score (nSPS) is 11.7. The summed E-state index contributed by atoms with van der Waals surface area (Å²) in [4.78, 5) is 4.35. The Labute approximate surface area is 104 Å². The zero-order valence-corrected chi connectivity index (χ0v) is 11.1. The van der Waals surface area contributed by atoms with E-state index in [1.54, 1.807) is 0 Å². The topological polar surface area (TPSA) is 62.4 Å². The van der Waals surface area contributed by atoms with E-state index in [-0.39, 0.29) is 0 Å². The van der Waals surface area contributed by atoms with Crippen LogP contribution < -0.4 is 16.6 Å². The molecule has 0 saturated heterocycles. The van der Waals surface area contributed by atoms with Gasteiger partial charge in [0.05, 0.1) is 6.54 Å². The molecule has 0 aliphatic carbocycles. The lowest BCUT2D eigenvalue weighted by atomic mass is 10.2. The van der Waals surface area contributed by atoms with E-state index in [1.807, 2.05) is 38.1 Å². The van der Waals surface area contributed by atoms with Crippen LogP contribution in [0.25, 0.3) is 0 Å². The van der Waals surface area contributed by atoms with Gasteiger partial charge in [0.1, 0.15) is 0 Å². The Morgan fingerprint density at radius 3 is 2.69 bits per heavy atom. The van der Waals surface area contributed by atoms with Crippen molar-refractivity contribution in [3.63, 3.8) is 0 Å². The number of nitrogens with zero attached hydrogens (tertiary/aromatic N) is 1. The van der Waals surface area contributed by atoms with Gasteiger partial charge in [-0.05, 0) is 25.5 Å². The third-order valence-corrected chi connectivity index (χ3v) is 2.70. The number of hydrogen-bond acceptors (Lipinski definition) is 2. The smallest absolute Gasteiger partial charge is 0.206 e. The van der Waals surface area contributed by atoms with Crippen molar-refractivity contribution >= 4 is 21.9 Å². The summed E-state index contributed by atoms with van der Waals surface area (Å²) in [6, 6.07) is 8.29. The average Bonchev–Trinajstić information content (AvgIpc) is 2.25. The number of benzene rings is 1. The van der Waals surface area contributed by atoms with Crippen LogP contribution in [0.1, 0.15) is 19.4 Å². The third-order valence-electron chi connectivity index (χ3n) is 1.93. The molecule has 0 fully saturated rings. The van der Waals surface area contributed by atoms with Crippen molar-refractivity contribution < 1.29 is 0 Å². The molecule has 88 valence electrons. The number of guanidine groups is 1. The fourth-order valence-corrected chi connectivity index (χ4v) is 1.61. The van der Waals surface area contributed by atoms with Crippen LogP contribution in [-0.2, 0) is 6.54 Å². The Balaban J connectivity index is 2.67. The van der Waals surface area contributed by atoms with Gasteiger partial charge in [0.2, 0.25) is 5.96 Å². The monoisotopic (exact) mass is 284 g/mol. The van der Waals surface area contributed by atoms with Crippen molar-refractivity contribution in [2.75, 3.05) is 0 Å². The maximum atomic E-state index is 5.37. The lowest BCUT2D eigenvalue weighted by molar-refractivity contribution is 0.702. The van der Waals surface area contributed by atoms with Gasteiger partial charge in [0.25, 0.3) is 0 Å². The Morgan fingerprint density at radius 2 is 2.12 bits per heavy atom. The van der Waals surface area contributed by atoms with Gasteiger partial charge >= 0.3 is 0 Å². The van der Waals surface area contributed by atoms with Crippen LogP contribution in [0, 0.1) is 0 Å². The summed E-state index contributed by atoms with van der Waals surface area (Å²) in [7, 11) is 0. The van der Waals surface area contributed by atoms with E-state index >= 15 is 0 Å². The lowest BCUT2D eigenvalue weighted by Gasteiger charge is -2.12. The van der Waals surface area contributed by atoms with Gasteiger partial charge in [0, 0.05) is 10.5 Å². The summed E-state index contributed by atoms with van der Waals surface area (Å²) in [5.41, 5.74) is 3.67. The number of rotatable bonds is 3.